The lowest BCUT2D eigenvalue weighted by Gasteiger charge is -2.11. The number of hydrogen-bond acceptors (Lipinski definition) is 5. The molecule has 0 saturated carbocycles. The number of aryl methyl sites for hydroxylation is 1. The summed E-state index contributed by atoms with van der Waals surface area (Å²) in [4.78, 5) is 4.18. The van der Waals surface area contributed by atoms with Gasteiger partial charge in [0.15, 0.2) is 11.8 Å². The fraction of sp³-hybridized carbons (Fsp3) is 0.533. The zero-order valence-electron chi connectivity index (χ0n) is 13.7. The van der Waals surface area contributed by atoms with Gasteiger partial charge in [0, 0.05) is 26.7 Å². The smallest absolute Gasteiger partial charge is 0.191 e. The first kappa shape index (κ1) is 17.0. The van der Waals surface area contributed by atoms with Crippen LogP contribution in [0.1, 0.15) is 24.9 Å². The van der Waals surface area contributed by atoms with Crippen LogP contribution in [0.3, 0.4) is 0 Å². The lowest BCUT2D eigenvalue weighted by atomic mass is 10.4. The van der Waals surface area contributed by atoms with Gasteiger partial charge in [0.2, 0.25) is 0 Å². The monoisotopic (exact) mass is 320 g/mol. The predicted octanol–water partition coefficient (Wildman–Crippen LogP) is 1.16. The minimum absolute atomic E-state index is 0.507. The Kier molecular flexibility index (Phi) is 7.12. The van der Waals surface area contributed by atoms with Crippen molar-refractivity contribution in [1.82, 2.24) is 25.4 Å². The van der Waals surface area contributed by atoms with E-state index in [0.717, 1.165) is 37.1 Å². The first-order chi connectivity index (χ1) is 11.3. The normalized spacial score (nSPS) is 11.7. The Morgan fingerprint density at radius 3 is 3.09 bits per heavy atom. The summed E-state index contributed by atoms with van der Waals surface area (Å²) in [6.07, 6.45) is 4.26. The molecule has 2 N–H and O–H groups in total. The van der Waals surface area contributed by atoms with Crippen LogP contribution in [-0.4, -0.2) is 40.9 Å². The highest BCUT2D eigenvalue weighted by Gasteiger charge is 2.04. The van der Waals surface area contributed by atoms with Crippen LogP contribution in [0.4, 0.5) is 0 Å². The molecule has 0 aliphatic heterocycles. The number of hydrogen-bond donors (Lipinski definition) is 2. The minimum Gasteiger partial charge on any atom is -0.467 e. The summed E-state index contributed by atoms with van der Waals surface area (Å²) in [5, 5.41) is 14.4. The van der Waals surface area contributed by atoms with Crippen LogP contribution in [0.5, 0.6) is 0 Å². The van der Waals surface area contributed by atoms with Crippen LogP contribution < -0.4 is 10.6 Å². The number of nitrogens with one attached hydrogen (secondary N) is 2. The van der Waals surface area contributed by atoms with Crippen LogP contribution >= 0.6 is 0 Å². The number of aliphatic imine (C=N–C) groups is 1. The van der Waals surface area contributed by atoms with E-state index in [2.05, 4.69) is 32.7 Å². The van der Waals surface area contributed by atoms with E-state index in [1.54, 1.807) is 19.6 Å². The highest BCUT2D eigenvalue weighted by Crippen LogP contribution is 2.01. The fourth-order valence-electron chi connectivity index (χ4n) is 2.01. The maximum atomic E-state index is 5.53. The lowest BCUT2D eigenvalue weighted by Crippen LogP contribution is -2.38. The van der Waals surface area contributed by atoms with Gasteiger partial charge < -0.3 is 24.4 Å². The first-order valence-corrected chi connectivity index (χ1v) is 7.74. The molecule has 0 fully saturated rings. The van der Waals surface area contributed by atoms with Gasteiger partial charge in [-0.2, -0.15) is 0 Å². The zero-order valence-corrected chi connectivity index (χ0v) is 13.7. The van der Waals surface area contributed by atoms with Crippen molar-refractivity contribution in [2.75, 3.05) is 20.2 Å². The van der Waals surface area contributed by atoms with E-state index >= 15 is 0 Å². The second-order valence-electron chi connectivity index (χ2n) is 4.87. The van der Waals surface area contributed by atoms with Crippen LogP contribution in [0.25, 0.3) is 0 Å². The molecule has 0 saturated heterocycles. The average Bonchev–Trinajstić information content (AvgIpc) is 3.24. The lowest BCUT2D eigenvalue weighted by molar-refractivity contribution is 0.105. The molecule has 0 bridgehead atoms. The molecular weight excluding hydrogens is 296 g/mol. The van der Waals surface area contributed by atoms with Crippen LogP contribution in [-0.2, 0) is 24.4 Å². The number of nitrogens with zero attached hydrogens (tertiary/aromatic N) is 4. The predicted molar refractivity (Wildman–Crippen MR) is 86.9 cm³/mol. The van der Waals surface area contributed by atoms with Crippen molar-refractivity contribution in [2.45, 2.75) is 33.0 Å². The van der Waals surface area contributed by atoms with Crippen LogP contribution in [0.2, 0.25) is 0 Å². The molecule has 2 aromatic rings. The Hall–Kier alpha value is -2.35. The SMILES string of the molecule is CCn1cnnc1CNC(=NC)NCCCOCc1ccco1. The van der Waals surface area contributed by atoms with Gasteiger partial charge in [-0.3, -0.25) is 4.99 Å². The van der Waals surface area contributed by atoms with Crippen molar-refractivity contribution in [1.29, 1.82) is 0 Å². The molecule has 8 heteroatoms. The second kappa shape index (κ2) is 9.62. The third kappa shape index (κ3) is 5.74. The number of guanidine groups is 1. The Labute approximate surface area is 136 Å². The van der Waals surface area contributed by atoms with E-state index in [0.29, 0.717) is 19.8 Å². The second-order valence-corrected chi connectivity index (χ2v) is 4.87. The topological polar surface area (TPSA) is 89.5 Å². The van der Waals surface area contributed by atoms with E-state index in [4.69, 9.17) is 9.15 Å². The number of furan rings is 1. The molecule has 2 rings (SSSR count). The molecule has 0 atom stereocenters. The minimum atomic E-state index is 0.507. The van der Waals surface area contributed by atoms with Crippen molar-refractivity contribution in [3.05, 3.63) is 36.3 Å². The third-order valence-corrected chi connectivity index (χ3v) is 3.26. The molecule has 23 heavy (non-hydrogen) atoms. The molecule has 0 aliphatic rings. The van der Waals surface area contributed by atoms with Crippen LogP contribution in [0.15, 0.2) is 34.1 Å². The van der Waals surface area contributed by atoms with Crippen LogP contribution in [0, 0.1) is 0 Å². The molecular formula is C15H24N6O2. The summed E-state index contributed by atoms with van der Waals surface area (Å²) in [5.41, 5.74) is 0. The molecule has 0 unspecified atom stereocenters. The summed E-state index contributed by atoms with van der Waals surface area (Å²) in [7, 11) is 1.74. The highest BCUT2D eigenvalue weighted by atomic mass is 16.5. The molecule has 0 spiro atoms. The zero-order chi connectivity index (χ0) is 16.3. The van der Waals surface area contributed by atoms with Gasteiger partial charge in [-0.15, -0.1) is 10.2 Å². The molecule has 2 aromatic heterocycles. The van der Waals surface area contributed by atoms with Gasteiger partial charge in [0.05, 0.1) is 12.8 Å². The van der Waals surface area contributed by atoms with E-state index in [1.807, 2.05) is 16.7 Å². The van der Waals surface area contributed by atoms with Crippen molar-refractivity contribution in [3.63, 3.8) is 0 Å². The Morgan fingerprint density at radius 2 is 2.35 bits per heavy atom. The fourth-order valence-corrected chi connectivity index (χ4v) is 2.01. The van der Waals surface area contributed by atoms with Gasteiger partial charge in [-0.25, -0.2) is 0 Å². The Morgan fingerprint density at radius 1 is 1.43 bits per heavy atom. The quantitative estimate of drug-likeness (QED) is 0.409. The summed E-state index contributed by atoms with van der Waals surface area (Å²) in [5.74, 6) is 2.47. The number of aromatic nitrogens is 3. The standard InChI is InChI=1S/C15H24N6O2/c1-3-21-12-19-20-14(21)10-18-15(16-2)17-7-5-8-22-11-13-6-4-9-23-13/h4,6,9,12H,3,5,7-8,10-11H2,1-2H3,(H2,16,17,18). The van der Waals surface area contributed by atoms with Crippen molar-refractivity contribution >= 4 is 5.96 Å². The number of ether oxygens (including phenoxy) is 1. The van der Waals surface area contributed by atoms with E-state index in [1.165, 1.54) is 0 Å². The van der Waals surface area contributed by atoms with Gasteiger partial charge in [0.25, 0.3) is 0 Å². The molecule has 0 amide bonds. The largest absolute Gasteiger partial charge is 0.467 e. The molecule has 0 aliphatic carbocycles. The summed E-state index contributed by atoms with van der Waals surface area (Å²) in [6.45, 7) is 5.44. The van der Waals surface area contributed by atoms with Crippen molar-refractivity contribution in [2.24, 2.45) is 4.99 Å². The Balaban J connectivity index is 1.58. The third-order valence-electron chi connectivity index (χ3n) is 3.26. The molecule has 0 aromatic carbocycles. The van der Waals surface area contributed by atoms with Gasteiger partial charge in [0.1, 0.15) is 18.7 Å². The molecule has 2 heterocycles. The van der Waals surface area contributed by atoms with Gasteiger partial charge in [-0.05, 0) is 25.5 Å². The maximum absolute atomic E-state index is 5.53. The Bertz CT molecular complexity index is 579. The number of rotatable bonds is 9. The van der Waals surface area contributed by atoms with Crippen molar-refractivity contribution in [3.8, 4) is 0 Å². The summed E-state index contributed by atoms with van der Waals surface area (Å²) < 4.78 is 12.7. The first-order valence-electron chi connectivity index (χ1n) is 7.74. The van der Waals surface area contributed by atoms with Crippen molar-refractivity contribution < 1.29 is 9.15 Å². The summed E-state index contributed by atoms with van der Waals surface area (Å²) in [6, 6.07) is 3.76. The maximum Gasteiger partial charge on any atom is 0.191 e. The molecule has 126 valence electrons. The van der Waals surface area contributed by atoms with E-state index in [9.17, 15) is 0 Å². The highest BCUT2D eigenvalue weighted by molar-refractivity contribution is 5.79. The summed E-state index contributed by atoms with van der Waals surface area (Å²) >= 11 is 0. The molecule has 8 nitrogen and oxygen atoms in total. The van der Waals surface area contributed by atoms with Gasteiger partial charge in [-0.1, -0.05) is 0 Å². The van der Waals surface area contributed by atoms with E-state index in [-0.39, 0.29) is 0 Å². The van der Waals surface area contributed by atoms with E-state index < -0.39 is 0 Å². The average molecular weight is 320 g/mol. The molecule has 0 radical (unpaired) electrons. The van der Waals surface area contributed by atoms with Gasteiger partial charge >= 0.3 is 0 Å².